The lowest BCUT2D eigenvalue weighted by Gasteiger charge is -2.16. The molecule has 1 atom stereocenters. The topological polar surface area (TPSA) is 55.8 Å². The highest BCUT2D eigenvalue weighted by Crippen LogP contribution is 2.14. The van der Waals surface area contributed by atoms with Crippen LogP contribution in [0.3, 0.4) is 0 Å². The van der Waals surface area contributed by atoms with E-state index >= 15 is 0 Å². The van der Waals surface area contributed by atoms with Crippen molar-refractivity contribution >= 4 is 5.97 Å². The van der Waals surface area contributed by atoms with Crippen molar-refractivity contribution in [1.29, 1.82) is 0 Å². The fourth-order valence-electron chi connectivity index (χ4n) is 5.94. The van der Waals surface area contributed by atoms with Gasteiger partial charge in [-0.25, -0.2) is 0 Å². The largest absolute Gasteiger partial charge is 0.457 e. The lowest BCUT2D eigenvalue weighted by molar-refractivity contribution is -0.154. The fraction of sp³-hybridized carbons (Fsp3) is 0.761. The molecule has 0 aromatic carbocycles. The van der Waals surface area contributed by atoms with E-state index in [-0.39, 0.29) is 12.6 Å². The minimum absolute atomic E-state index is 0.173. The molecule has 0 aromatic rings. The van der Waals surface area contributed by atoms with Crippen molar-refractivity contribution < 1.29 is 19.4 Å². The molecule has 1 unspecified atom stereocenters. The molecule has 50 heavy (non-hydrogen) atoms. The molecule has 0 heterocycles. The predicted molar refractivity (Wildman–Crippen MR) is 219 cm³/mol. The summed E-state index contributed by atoms with van der Waals surface area (Å²) >= 11 is 0. The number of allylic oxidation sites excluding steroid dienone is 10. The summed E-state index contributed by atoms with van der Waals surface area (Å²) in [4.78, 5) is 12.2. The van der Waals surface area contributed by atoms with E-state index in [2.05, 4.69) is 74.6 Å². The zero-order valence-corrected chi connectivity index (χ0v) is 33.2. The summed E-state index contributed by atoms with van der Waals surface area (Å²) in [5.41, 5.74) is 0. The quantitative estimate of drug-likeness (QED) is 0.0394. The van der Waals surface area contributed by atoms with E-state index in [1.165, 1.54) is 128 Å². The van der Waals surface area contributed by atoms with Crippen molar-refractivity contribution in [1.82, 2.24) is 0 Å². The first kappa shape index (κ1) is 48.1. The second-order valence-corrected chi connectivity index (χ2v) is 14.0. The summed E-state index contributed by atoms with van der Waals surface area (Å²) in [5.74, 6) is -0.204. The Morgan fingerprint density at radius 2 is 0.900 bits per heavy atom. The molecule has 0 fully saturated rings. The molecule has 0 aromatic heterocycles. The summed E-state index contributed by atoms with van der Waals surface area (Å²) in [6.45, 7) is 5.22. The number of carbonyl (C=O) groups excluding carboxylic acids is 1. The van der Waals surface area contributed by atoms with Gasteiger partial charge in [-0.2, -0.15) is 0 Å². The smallest absolute Gasteiger partial charge is 0.306 e. The zero-order valence-electron chi connectivity index (χ0n) is 33.2. The van der Waals surface area contributed by atoms with Gasteiger partial charge in [0.25, 0.3) is 0 Å². The van der Waals surface area contributed by atoms with E-state index in [9.17, 15) is 9.90 Å². The molecule has 290 valence electrons. The summed E-state index contributed by atoms with van der Waals surface area (Å²) in [6.07, 6.45) is 57.1. The van der Waals surface area contributed by atoms with E-state index in [1.807, 2.05) is 0 Å². The molecule has 4 nitrogen and oxygen atoms in total. The van der Waals surface area contributed by atoms with Crippen molar-refractivity contribution in [2.45, 2.75) is 206 Å². The summed E-state index contributed by atoms with van der Waals surface area (Å²) in [5, 5.41) is 9.58. The first-order valence-corrected chi connectivity index (χ1v) is 21.4. The lowest BCUT2D eigenvalue weighted by Crippen LogP contribution is -2.27. The summed E-state index contributed by atoms with van der Waals surface area (Å²) in [7, 11) is 0. The van der Waals surface area contributed by atoms with Crippen LogP contribution in [0.2, 0.25) is 0 Å². The van der Waals surface area contributed by atoms with Crippen LogP contribution in [0.4, 0.5) is 0 Å². The maximum absolute atomic E-state index is 12.2. The van der Waals surface area contributed by atoms with Crippen molar-refractivity contribution in [2.75, 3.05) is 19.8 Å². The number of hydrogen-bond acceptors (Lipinski definition) is 4. The molecule has 1 N–H and O–H groups in total. The van der Waals surface area contributed by atoms with Gasteiger partial charge in [0.1, 0.15) is 6.10 Å². The Bertz CT molecular complexity index is 824. The number of esters is 1. The van der Waals surface area contributed by atoms with E-state index in [0.717, 1.165) is 51.4 Å². The molecule has 0 rings (SSSR count). The number of hydrogen-bond donors (Lipinski definition) is 1. The van der Waals surface area contributed by atoms with Gasteiger partial charge in [0, 0.05) is 13.0 Å². The molecule has 0 aliphatic rings. The van der Waals surface area contributed by atoms with Gasteiger partial charge >= 0.3 is 5.97 Å². The van der Waals surface area contributed by atoms with E-state index < -0.39 is 6.10 Å². The minimum atomic E-state index is -0.535. The van der Waals surface area contributed by atoms with Crippen molar-refractivity contribution in [3.8, 4) is 0 Å². The van der Waals surface area contributed by atoms with Crippen LogP contribution in [0.25, 0.3) is 0 Å². The number of carbonyl (C=O) groups is 1. The standard InChI is InChI=1S/C46H82O4/c1-3-5-7-9-11-13-15-17-18-19-20-21-22-23-24-25-26-27-28-29-30-32-34-36-38-40-42-49-44-45(43-47)50-46(48)41-39-37-35-33-31-16-14-12-10-8-6-4-2/h5,7,11,13,17-18,20-21,23-24,45,47H,3-4,6,8-10,12,14-16,19,22,25-44H2,1-2H3/b7-5-,13-11-,18-17-,21-20-,24-23-. The third kappa shape index (κ3) is 40.5. The Balaban J connectivity index is 3.44. The molecule has 0 spiro atoms. The van der Waals surface area contributed by atoms with Crippen molar-refractivity contribution in [2.24, 2.45) is 0 Å². The monoisotopic (exact) mass is 699 g/mol. The molecular weight excluding hydrogens is 617 g/mol. The van der Waals surface area contributed by atoms with Crippen LogP contribution in [0.15, 0.2) is 60.8 Å². The lowest BCUT2D eigenvalue weighted by atomic mass is 10.0. The van der Waals surface area contributed by atoms with Gasteiger partial charge < -0.3 is 14.6 Å². The molecule has 0 aliphatic heterocycles. The Labute approximate surface area is 311 Å². The number of aliphatic hydroxyl groups excluding tert-OH is 1. The Kier molecular flexibility index (Phi) is 41.6. The van der Waals surface area contributed by atoms with Gasteiger partial charge in [-0.05, 0) is 57.8 Å². The summed E-state index contributed by atoms with van der Waals surface area (Å²) in [6, 6.07) is 0. The van der Waals surface area contributed by atoms with Crippen LogP contribution in [0.1, 0.15) is 200 Å². The number of rotatable bonds is 39. The fourth-order valence-corrected chi connectivity index (χ4v) is 5.94. The maximum Gasteiger partial charge on any atom is 0.306 e. The molecule has 0 bridgehead atoms. The maximum atomic E-state index is 12.2. The van der Waals surface area contributed by atoms with Crippen molar-refractivity contribution in [3.63, 3.8) is 0 Å². The van der Waals surface area contributed by atoms with Crippen LogP contribution in [-0.4, -0.2) is 37.0 Å². The normalized spacial score (nSPS) is 12.9. The van der Waals surface area contributed by atoms with Gasteiger partial charge in [-0.3, -0.25) is 4.79 Å². The van der Waals surface area contributed by atoms with Gasteiger partial charge in [0.2, 0.25) is 0 Å². The summed E-state index contributed by atoms with van der Waals surface area (Å²) < 4.78 is 11.1. The SMILES string of the molecule is CC/C=C\C/C=C\C/C=C\C/C=C\C/C=C\CCCCCCCCCCCCOCC(CO)OC(=O)CCCCCCCCCCCCCC. The number of aliphatic hydroxyl groups is 1. The molecule has 0 aliphatic carbocycles. The van der Waals surface area contributed by atoms with Crippen LogP contribution in [0, 0.1) is 0 Å². The van der Waals surface area contributed by atoms with Crippen LogP contribution in [0.5, 0.6) is 0 Å². The molecule has 0 saturated heterocycles. The minimum Gasteiger partial charge on any atom is -0.457 e. The van der Waals surface area contributed by atoms with Crippen molar-refractivity contribution in [3.05, 3.63) is 60.8 Å². The Hall–Kier alpha value is -1.91. The highest BCUT2D eigenvalue weighted by atomic mass is 16.6. The van der Waals surface area contributed by atoms with E-state index in [4.69, 9.17) is 9.47 Å². The second kappa shape index (κ2) is 43.3. The number of ether oxygens (including phenoxy) is 2. The van der Waals surface area contributed by atoms with Gasteiger partial charge in [0.05, 0.1) is 13.2 Å². The predicted octanol–water partition coefficient (Wildman–Crippen LogP) is 14.0. The zero-order chi connectivity index (χ0) is 36.3. The van der Waals surface area contributed by atoms with Crippen LogP contribution in [-0.2, 0) is 14.3 Å². The van der Waals surface area contributed by atoms with E-state index in [0.29, 0.717) is 19.6 Å². The molecule has 0 saturated carbocycles. The molecule has 4 heteroatoms. The van der Waals surface area contributed by atoms with E-state index in [1.54, 1.807) is 0 Å². The number of unbranched alkanes of at least 4 members (excludes halogenated alkanes) is 21. The Morgan fingerprint density at radius 3 is 1.36 bits per heavy atom. The molecule has 0 radical (unpaired) electrons. The average Bonchev–Trinajstić information content (AvgIpc) is 3.12. The Morgan fingerprint density at radius 1 is 0.500 bits per heavy atom. The van der Waals surface area contributed by atoms with Gasteiger partial charge in [-0.15, -0.1) is 0 Å². The average molecular weight is 699 g/mol. The second-order valence-electron chi connectivity index (χ2n) is 14.0. The molecule has 0 amide bonds. The van der Waals surface area contributed by atoms with Gasteiger partial charge in [0.15, 0.2) is 0 Å². The first-order valence-electron chi connectivity index (χ1n) is 21.4. The third-order valence-corrected chi connectivity index (χ3v) is 9.11. The third-order valence-electron chi connectivity index (χ3n) is 9.11. The first-order chi connectivity index (χ1) is 24.7. The highest BCUT2D eigenvalue weighted by molar-refractivity contribution is 5.69. The highest BCUT2D eigenvalue weighted by Gasteiger charge is 2.13. The van der Waals surface area contributed by atoms with Gasteiger partial charge in [-0.1, -0.05) is 197 Å². The van der Waals surface area contributed by atoms with Crippen LogP contribution < -0.4 is 0 Å². The molecular formula is C46H82O4. The van der Waals surface area contributed by atoms with Crippen LogP contribution >= 0.6 is 0 Å².